The highest BCUT2D eigenvalue weighted by Crippen LogP contribution is 2.16. The molecule has 1 atom stereocenters. The summed E-state index contributed by atoms with van der Waals surface area (Å²) < 4.78 is 5.03. The molecule has 1 heterocycles. The van der Waals surface area contributed by atoms with Crippen LogP contribution < -0.4 is 5.32 Å². The number of rotatable bonds is 5. The van der Waals surface area contributed by atoms with Crippen LogP contribution in [0.25, 0.3) is 0 Å². The van der Waals surface area contributed by atoms with Gasteiger partial charge in [0.05, 0.1) is 0 Å². The molecule has 1 aromatic carbocycles. The number of phenols is 1. The number of hydrogen-bond acceptors (Lipinski definition) is 5. The third-order valence-electron chi connectivity index (χ3n) is 2.75. The fourth-order valence-corrected chi connectivity index (χ4v) is 1.72. The highest BCUT2D eigenvalue weighted by atomic mass is 16.5. The number of benzene rings is 1. The van der Waals surface area contributed by atoms with Gasteiger partial charge in [0.25, 0.3) is 0 Å². The van der Waals surface area contributed by atoms with Crippen LogP contribution in [0.3, 0.4) is 0 Å². The third-order valence-corrected chi connectivity index (χ3v) is 2.75. The van der Waals surface area contributed by atoms with Gasteiger partial charge in [0.15, 0.2) is 5.82 Å². The molecule has 2 aromatic rings. The van der Waals surface area contributed by atoms with Gasteiger partial charge >= 0.3 is 0 Å². The Morgan fingerprint density at radius 2 is 2.06 bits per heavy atom. The van der Waals surface area contributed by atoms with Crippen molar-refractivity contribution < 1.29 is 9.63 Å². The maximum absolute atomic E-state index is 9.22. The van der Waals surface area contributed by atoms with Crippen LogP contribution >= 0.6 is 0 Å². The summed E-state index contributed by atoms with van der Waals surface area (Å²) in [5.41, 5.74) is 1.13. The molecule has 2 N–H and O–H groups in total. The number of aromatic nitrogens is 2. The zero-order chi connectivity index (χ0) is 13.0. The van der Waals surface area contributed by atoms with Crippen LogP contribution in [0, 0.1) is 6.92 Å². The summed E-state index contributed by atoms with van der Waals surface area (Å²) in [4.78, 5) is 4.14. The van der Waals surface area contributed by atoms with E-state index in [2.05, 4.69) is 22.4 Å². The lowest BCUT2D eigenvalue weighted by Gasteiger charge is -2.13. The molecule has 0 spiro atoms. The predicted octanol–water partition coefficient (Wildman–Crippen LogP) is 1.98. The maximum Gasteiger partial charge on any atom is 0.227 e. The van der Waals surface area contributed by atoms with Crippen LogP contribution in [0.1, 0.15) is 30.2 Å². The zero-order valence-electron chi connectivity index (χ0n) is 10.6. The smallest absolute Gasteiger partial charge is 0.227 e. The van der Waals surface area contributed by atoms with Gasteiger partial charge in [0.2, 0.25) is 5.89 Å². The molecule has 0 aliphatic heterocycles. The van der Waals surface area contributed by atoms with Crippen LogP contribution in [-0.2, 0) is 6.42 Å². The summed E-state index contributed by atoms with van der Waals surface area (Å²) in [5, 5.41) is 16.3. The summed E-state index contributed by atoms with van der Waals surface area (Å²) in [5.74, 6) is 1.60. The van der Waals surface area contributed by atoms with Crippen LogP contribution in [0.5, 0.6) is 5.75 Å². The van der Waals surface area contributed by atoms with E-state index in [1.54, 1.807) is 19.1 Å². The monoisotopic (exact) mass is 247 g/mol. The first-order valence-electron chi connectivity index (χ1n) is 5.96. The summed E-state index contributed by atoms with van der Waals surface area (Å²) in [6.45, 7) is 4.65. The standard InChI is InChI=1S/C13H17N3O2/c1-9(11-3-5-12(17)6-4-11)14-8-7-13-15-10(2)16-18-13/h3-6,9,14,17H,7-8H2,1-2H3. The first-order valence-corrected chi connectivity index (χ1v) is 5.96. The molecule has 2 rings (SSSR count). The molecule has 0 fully saturated rings. The van der Waals surface area contributed by atoms with Crippen molar-refractivity contribution in [2.24, 2.45) is 0 Å². The Kier molecular flexibility index (Phi) is 3.94. The number of nitrogens with one attached hydrogen (secondary N) is 1. The Hall–Kier alpha value is -1.88. The van der Waals surface area contributed by atoms with Gasteiger partial charge in [-0.25, -0.2) is 0 Å². The largest absolute Gasteiger partial charge is 0.508 e. The van der Waals surface area contributed by atoms with Gasteiger partial charge in [-0.3, -0.25) is 0 Å². The Morgan fingerprint density at radius 3 is 2.67 bits per heavy atom. The minimum absolute atomic E-state index is 0.217. The van der Waals surface area contributed by atoms with E-state index in [4.69, 9.17) is 4.52 Å². The average Bonchev–Trinajstić information content (AvgIpc) is 2.76. The molecule has 0 saturated heterocycles. The lowest BCUT2D eigenvalue weighted by molar-refractivity contribution is 0.370. The second-order valence-corrected chi connectivity index (χ2v) is 4.25. The van der Waals surface area contributed by atoms with Crippen molar-refractivity contribution in [2.75, 3.05) is 6.54 Å². The second-order valence-electron chi connectivity index (χ2n) is 4.25. The highest BCUT2D eigenvalue weighted by molar-refractivity contribution is 5.27. The lowest BCUT2D eigenvalue weighted by Crippen LogP contribution is -2.21. The Labute approximate surface area is 106 Å². The molecular formula is C13H17N3O2. The molecular weight excluding hydrogens is 230 g/mol. The summed E-state index contributed by atoms with van der Waals surface area (Å²) in [6.07, 6.45) is 0.712. The van der Waals surface area contributed by atoms with Crippen molar-refractivity contribution in [2.45, 2.75) is 26.3 Å². The predicted molar refractivity (Wildman–Crippen MR) is 67.3 cm³/mol. The lowest BCUT2D eigenvalue weighted by atomic mass is 10.1. The SMILES string of the molecule is Cc1noc(CCNC(C)c2ccc(O)cc2)n1. The van der Waals surface area contributed by atoms with Crippen molar-refractivity contribution in [3.8, 4) is 5.75 Å². The Bertz CT molecular complexity index is 493. The number of hydrogen-bond donors (Lipinski definition) is 2. The molecule has 18 heavy (non-hydrogen) atoms. The topological polar surface area (TPSA) is 71.2 Å². The number of aromatic hydroxyl groups is 1. The van der Waals surface area contributed by atoms with Gasteiger partial charge in [0.1, 0.15) is 5.75 Å². The van der Waals surface area contributed by atoms with Crippen LogP contribution in [0.4, 0.5) is 0 Å². The average molecular weight is 247 g/mol. The van der Waals surface area contributed by atoms with Gasteiger partial charge in [0, 0.05) is 19.0 Å². The summed E-state index contributed by atoms with van der Waals surface area (Å²) in [7, 11) is 0. The Balaban J connectivity index is 1.81. The first kappa shape index (κ1) is 12.6. The molecule has 0 amide bonds. The summed E-state index contributed by atoms with van der Waals surface area (Å²) in [6, 6.07) is 7.41. The molecule has 0 saturated carbocycles. The van der Waals surface area contributed by atoms with E-state index in [9.17, 15) is 5.11 Å². The van der Waals surface area contributed by atoms with Gasteiger partial charge in [-0.05, 0) is 31.5 Å². The number of nitrogens with zero attached hydrogens (tertiary/aromatic N) is 2. The minimum Gasteiger partial charge on any atom is -0.508 e. The molecule has 5 heteroatoms. The second kappa shape index (κ2) is 5.64. The van der Waals surface area contributed by atoms with E-state index < -0.39 is 0 Å². The molecule has 1 unspecified atom stereocenters. The van der Waals surface area contributed by atoms with E-state index in [1.165, 1.54) is 0 Å². The van der Waals surface area contributed by atoms with Gasteiger partial charge in [-0.2, -0.15) is 4.98 Å². The van der Waals surface area contributed by atoms with E-state index in [1.807, 2.05) is 12.1 Å². The molecule has 0 radical (unpaired) electrons. The van der Waals surface area contributed by atoms with Crippen molar-refractivity contribution in [1.29, 1.82) is 0 Å². The molecule has 96 valence electrons. The van der Waals surface area contributed by atoms with Gasteiger partial charge in [-0.1, -0.05) is 17.3 Å². The van der Waals surface area contributed by atoms with Crippen LogP contribution in [-0.4, -0.2) is 21.8 Å². The molecule has 5 nitrogen and oxygen atoms in total. The van der Waals surface area contributed by atoms with E-state index >= 15 is 0 Å². The van der Waals surface area contributed by atoms with E-state index in [0.29, 0.717) is 18.1 Å². The van der Waals surface area contributed by atoms with Gasteiger partial charge in [-0.15, -0.1) is 0 Å². The quantitative estimate of drug-likeness (QED) is 0.845. The minimum atomic E-state index is 0.217. The molecule has 0 aliphatic carbocycles. The van der Waals surface area contributed by atoms with E-state index in [-0.39, 0.29) is 11.8 Å². The summed E-state index contributed by atoms with van der Waals surface area (Å²) >= 11 is 0. The Morgan fingerprint density at radius 1 is 1.33 bits per heavy atom. The molecule has 1 aromatic heterocycles. The zero-order valence-corrected chi connectivity index (χ0v) is 10.6. The molecule has 0 aliphatic rings. The fourth-order valence-electron chi connectivity index (χ4n) is 1.72. The maximum atomic E-state index is 9.22. The van der Waals surface area contributed by atoms with Crippen molar-refractivity contribution in [3.63, 3.8) is 0 Å². The van der Waals surface area contributed by atoms with Crippen LogP contribution in [0.2, 0.25) is 0 Å². The van der Waals surface area contributed by atoms with Crippen molar-refractivity contribution >= 4 is 0 Å². The highest BCUT2D eigenvalue weighted by Gasteiger charge is 2.06. The van der Waals surface area contributed by atoms with E-state index in [0.717, 1.165) is 12.1 Å². The fraction of sp³-hybridized carbons (Fsp3) is 0.385. The normalized spacial score (nSPS) is 12.6. The number of phenolic OH excluding ortho intramolecular Hbond substituents is 1. The van der Waals surface area contributed by atoms with Crippen molar-refractivity contribution in [1.82, 2.24) is 15.5 Å². The van der Waals surface area contributed by atoms with Gasteiger partial charge < -0.3 is 14.9 Å². The number of aryl methyl sites for hydroxylation is 1. The first-order chi connectivity index (χ1) is 8.65. The third kappa shape index (κ3) is 3.30. The van der Waals surface area contributed by atoms with Crippen LogP contribution in [0.15, 0.2) is 28.8 Å². The van der Waals surface area contributed by atoms with Crippen molar-refractivity contribution in [3.05, 3.63) is 41.5 Å². The molecule has 0 bridgehead atoms.